The van der Waals surface area contributed by atoms with E-state index in [1.54, 1.807) is 12.1 Å². The number of fused-ring (bicyclic) bond motifs is 1. The van der Waals surface area contributed by atoms with E-state index >= 15 is 4.39 Å². The van der Waals surface area contributed by atoms with Crippen LogP contribution in [0.25, 0.3) is 5.57 Å². The van der Waals surface area contributed by atoms with Gasteiger partial charge in [0.15, 0.2) is 0 Å². The number of aromatic amines is 1. The molecule has 0 radical (unpaired) electrons. The molecule has 2 aromatic rings. The molecule has 8 heteroatoms. The molecule has 1 aromatic carbocycles. The molecule has 2 aliphatic heterocycles. The van der Waals surface area contributed by atoms with Gasteiger partial charge >= 0.3 is 0 Å². The van der Waals surface area contributed by atoms with Crippen molar-refractivity contribution in [3.63, 3.8) is 0 Å². The Morgan fingerprint density at radius 1 is 1.26 bits per heavy atom. The van der Waals surface area contributed by atoms with Crippen LogP contribution < -0.4 is 10.9 Å². The Morgan fingerprint density at radius 3 is 2.86 bits per heavy atom. The van der Waals surface area contributed by atoms with Gasteiger partial charge in [-0.1, -0.05) is 26.0 Å². The van der Waals surface area contributed by atoms with E-state index in [4.69, 9.17) is 0 Å². The van der Waals surface area contributed by atoms with Crippen LogP contribution in [0.15, 0.2) is 30.5 Å². The summed E-state index contributed by atoms with van der Waals surface area (Å²) in [7, 11) is 0. The van der Waals surface area contributed by atoms with Crippen LogP contribution in [0.3, 0.4) is 0 Å². The lowest BCUT2D eigenvalue weighted by Gasteiger charge is -2.36. The quantitative estimate of drug-likeness (QED) is 0.414. The van der Waals surface area contributed by atoms with E-state index in [1.807, 2.05) is 19.2 Å². The van der Waals surface area contributed by atoms with Gasteiger partial charge in [-0.05, 0) is 60.4 Å². The first-order chi connectivity index (χ1) is 17.0. The maximum Gasteiger partial charge on any atom is 0.125 e. The second-order valence-corrected chi connectivity index (χ2v) is 10.5. The maximum absolute atomic E-state index is 15.8. The monoisotopic (exact) mass is 483 g/mol. The van der Waals surface area contributed by atoms with Crippen LogP contribution in [0.4, 0.5) is 4.39 Å². The van der Waals surface area contributed by atoms with Gasteiger partial charge in [-0.15, -0.1) is 0 Å². The van der Waals surface area contributed by atoms with Gasteiger partial charge in [0, 0.05) is 38.1 Å². The van der Waals surface area contributed by atoms with Gasteiger partial charge < -0.3 is 15.2 Å². The number of aliphatic hydroxyl groups is 1. The molecule has 3 aliphatic rings. The van der Waals surface area contributed by atoms with Gasteiger partial charge in [0.1, 0.15) is 17.7 Å². The molecule has 2 fully saturated rings. The van der Waals surface area contributed by atoms with E-state index in [9.17, 15) is 10.2 Å². The van der Waals surface area contributed by atoms with Crippen molar-refractivity contribution in [2.75, 3.05) is 26.2 Å². The molecule has 5 N–H and O–H groups in total. The fraction of sp³-hybridized carbons (Fsp3) is 0.593. The third-order valence-corrected chi connectivity index (χ3v) is 8.15. The van der Waals surface area contributed by atoms with E-state index < -0.39 is 6.17 Å². The number of nitrogens with one attached hydrogen (secondary N) is 3. The van der Waals surface area contributed by atoms with Gasteiger partial charge in [0.2, 0.25) is 0 Å². The van der Waals surface area contributed by atoms with E-state index in [1.165, 1.54) is 5.57 Å². The number of phenols is 1. The molecular weight excluding hydrogens is 445 g/mol. The molecule has 190 valence electrons. The molecule has 6 atom stereocenters. The lowest BCUT2D eigenvalue weighted by molar-refractivity contribution is 0.135. The number of hydrogen-bond acceptors (Lipinski definition) is 6. The van der Waals surface area contributed by atoms with Crippen molar-refractivity contribution in [1.29, 1.82) is 0 Å². The highest BCUT2D eigenvalue weighted by molar-refractivity contribution is 5.63. The first-order valence-corrected chi connectivity index (χ1v) is 13.0. The molecule has 0 bridgehead atoms. The van der Waals surface area contributed by atoms with Crippen molar-refractivity contribution in [2.24, 2.45) is 11.8 Å². The van der Waals surface area contributed by atoms with Crippen LogP contribution in [-0.2, 0) is 6.42 Å². The van der Waals surface area contributed by atoms with Gasteiger partial charge in [-0.25, -0.2) is 14.8 Å². The molecule has 0 amide bonds. The number of nitrogens with zero attached hydrogens (tertiary/aromatic N) is 2. The highest BCUT2D eigenvalue weighted by Crippen LogP contribution is 2.45. The summed E-state index contributed by atoms with van der Waals surface area (Å²) in [4.78, 5) is 10.6. The third-order valence-electron chi connectivity index (χ3n) is 8.15. The zero-order valence-corrected chi connectivity index (χ0v) is 20.7. The SMILES string of the molecule is CCc1cc(O)ccc1C1CCC2C(c3ncc(C4=CCN(C[C@@H](C)CO)CC4)[nH]3)NNC2C1F. The molecule has 3 heterocycles. The molecule has 1 saturated heterocycles. The van der Waals surface area contributed by atoms with E-state index in [0.717, 1.165) is 68.0 Å². The number of aromatic nitrogens is 2. The predicted molar refractivity (Wildman–Crippen MR) is 135 cm³/mol. The number of rotatable bonds is 7. The number of halogens is 1. The average molecular weight is 484 g/mol. The largest absolute Gasteiger partial charge is 0.508 e. The van der Waals surface area contributed by atoms with Gasteiger partial charge in [0.05, 0.1) is 24.0 Å². The summed E-state index contributed by atoms with van der Waals surface area (Å²) in [6, 6.07) is 5.01. The van der Waals surface area contributed by atoms with Crippen molar-refractivity contribution in [3.8, 4) is 5.75 Å². The Balaban J connectivity index is 1.26. The molecule has 1 aromatic heterocycles. The highest BCUT2D eigenvalue weighted by atomic mass is 19.1. The molecular formula is C27H38FN5O2. The summed E-state index contributed by atoms with van der Waals surface area (Å²) in [5.41, 5.74) is 10.9. The predicted octanol–water partition coefficient (Wildman–Crippen LogP) is 3.44. The average Bonchev–Trinajstić information content (AvgIpc) is 3.52. The number of hydrazine groups is 1. The third kappa shape index (κ3) is 4.89. The van der Waals surface area contributed by atoms with Crippen LogP contribution in [0, 0.1) is 11.8 Å². The molecule has 5 rings (SSSR count). The van der Waals surface area contributed by atoms with Gasteiger partial charge in [0.25, 0.3) is 0 Å². The lowest BCUT2D eigenvalue weighted by atomic mass is 9.71. The van der Waals surface area contributed by atoms with Crippen molar-refractivity contribution in [2.45, 2.75) is 63.7 Å². The van der Waals surface area contributed by atoms with Gasteiger partial charge in [-0.3, -0.25) is 10.3 Å². The Bertz CT molecular complexity index is 1060. The van der Waals surface area contributed by atoms with Crippen molar-refractivity contribution in [3.05, 3.63) is 53.1 Å². The summed E-state index contributed by atoms with van der Waals surface area (Å²) in [5.74, 6) is 1.34. The molecule has 7 nitrogen and oxygen atoms in total. The standard InChI is InChI=1S/C27H38FN5O2/c1-3-17-12-19(35)4-5-20(17)21-6-7-22-25(24(21)28)31-32-26(22)27-29-13-23(30-27)18-8-10-33(11-9-18)14-16(2)15-34/h4-5,8,12-13,16,21-22,24-26,31-32,34-35H,3,6-7,9-11,14-15H2,1-2H3,(H,29,30)/t16-,21?,22?,24?,25?,26?/m1/s1. The molecule has 35 heavy (non-hydrogen) atoms. The Labute approximate surface area is 206 Å². The van der Waals surface area contributed by atoms with Crippen molar-refractivity contribution >= 4 is 5.57 Å². The molecule has 1 saturated carbocycles. The number of aromatic hydroxyl groups is 1. The minimum atomic E-state index is -1.01. The number of hydrogen-bond donors (Lipinski definition) is 5. The minimum Gasteiger partial charge on any atom is -0.508 e. The highest BCUT2D eigenvalue weighted by Gasteiger charge is 2.48. The number of benzene rings is 1. The molecule has 1 aliphatic carbocycles. The topological polar surface area (TPSA) is 96.4 Å². The Hall–Kier alpha value is -2.26. The Morgan fingerprint density at radius 2 is 2.11 bits per heavy atom. The van der Waals surface area contributed by atoms with Crippen molar-refractivity contribution in [1.82, 2.24) is 25.7 Å². The Kier molecular flexibility index (Phi) is 7.25. The number of aryl methyl sites for hydroxylation is 1. The van der Waals surface area contributed by atoms with Gasteiger partial charge in [-0.2, -0.15) is 0 Å². The van der Waals surface area contributed by atoms with E-state index in [-0.39, 0.29) is 42.2 Å². The van der Waals surface area contributed by atoms with E-state index in [2.05, 4.69) is 38.7 Å². The van der Waals surface area contributed by atoms with Crippen LogP contribution in [-0.4, -0.2) is 63.5 Å². The fourth-order valence-electron chi connectivity index (χ4n) is 6.19. The van der Waals surface area contributed by atoms with Crippen LogP contribution in [0.5, 0.6) is 5.75 Å². The number of phenolic OH excluding ortho intramolecular Hbond substituents is 1. The zero-order chi connectivity index (χ0) is 24.5. The minimum absolute atomic E-state index is 0.0514. The summed E-state index contributed by atoms with van der Waals surface area (Å²) in [6.45, 7) is 7.09. The first-order valence-electron chi connectivity index (χ1n) is 13.0. The normalized spacial score (nSPS) is 30.2. The van der Waals surface area contributed by atoms with Crippen molar-refractivity contribution < 1.29 is 14.6 Å². The second kappa shape index (κ2) is 10.4. The zero-order valence-electron chi connectivity index (χ0n) is 20.7. The van der Waals surface area contributed by atoms with Crippen LogP contribution in [0.2, 0.25) is 0 Å². The van der Waals surface area contributed by atoms with Crippen LogP contribution >= 0.6 is 0 Å². The number of alkyl halides is 1. The van der Waals surface area contributed by atoms with Crippen LogP contribution in [0.1, 0.15) is 67.7 Å². The molecule has 0 spiro atoms. The summed E-state index contributed by atoms with van der Waals surface area (Å²) in [5, 5.41) is 19.2. The number of imidazole rings is 1. The first kappa shape index (κ1) is 24.4. The lowest BCUT2D eigenvalue weighted by Crippen LogP contribution is -2.45. The summed E-state index contributed by atoms with van der Waals surface area (Å²) < 4.78 is 15.8. The fourth-order valence-corrected chi connectivity index (χ4v) is 6.19. The second-order valence-electron chi connectivity index (χ2n) is 10.5. The maximum atomic E-state index is 15.8. The number of aliphatic hydroxyl groups excluding tert-OH is 1. The molecule has 5 unspecified atom stereocenters. The van der Waals surface area contributed by atoms with E-state index in [0.29, 0.717) is 0 Å². The smallest absolute Gasteiger partial charge is 0.125 e. The summed E-state index contributed by atoms with van der Waals surface area (Å²) in [6.07, 6.45) is 6.55. The summed E-state index contributed by atoms with van der Waals surface area (Å²) >= 11 is 0. The number of H-pyrrole nitrogens is 1.